The molecule has 0 atom stereocenters. The van der Waals surface area contributed by atoms with E-state index in [1.54, 1.807) is 6.92 Å². The van der Waals surface area contributed by atoms with Gasteiger partial charge in [-0.2, -0.15) is 26.3 Å². The Bertz CT molecular complexity index is 839. The molecule has 0 aliphatic heterocycles. The van der Waals surface area contributed by atoms with Crippen LogP contribution >= 0.6 is 0 Å². The van der Waals surface area contributed by atoms with Crippen molar-refractivity contribution in [3.63, 3.8) is 0 Å². The maximum absolute atomic E-state index is 12.8. The topological polar surface area (TPSA) is 46.2 Å². The van der Waals surface area contributed by atoms with Gasteiger partial charge in [0.2, 0.25) is 0 Å². The largest absolute Gasteiger partial charge is 0.454 e. The van der Waals surface area contributed by atoms with Crippen LogP contribution < -0.4 is 5.32 Å². The van der Waals surface area contributed by atoms with Crippen LogP contribution in [0.15, 0.2) is 30.3 Å². The average Bonchev–Trinajstić information content (AvgIpc) is 2.52. The summed E-state index contributed by atoms with van der Waals surface area (Å²) < 4.78 is 76.9. The van der Waals surface area contributed by atoms with Crippen LogP contribution in [0.2, 0.25) is 0 Å². The fraction of sp³-hybridized carbons (Fsp3) is 0.250. The summed E-state index contributed by atoms with van der Waals surface area (Å²) in [6.07, 6.45) is -10.6. The number of fused-ring (bicyclic) bond motifs is 1. The Hall–Kier alpha value is -2.58. The number of rotatable bonds is 4. The van der Waals surface area contributed by atoms with Crippen molar-refractivity contribution in [1.82, 2.24) is 0 Å². The number of hydrogen-bond acceptors (Lipinski definition) is 3. The fourth-order valence-electron chi connectivity index (χ4n) is 2.41. The molecule has 0 spiro atoms. The summed E-state index contributed by atoms with van der Waals surface area (Å²) in [5.74, 6) is -4.64. The van der Waals surface area contributed by atoms with Crippen LogP contribution in [0.25, 0.3) is 10.8 Å². The van der Waals surface area contributed by atoms with E-state index in [2.05, 4.69) is 5.32 Å². The molecule has 2 rings (SSSR count). The van der Waals surface area contributed by atoms with Crippen molar-refractivity contribution < 1.29 is 35.9 Å². The van der Waals surface area contributed by atoms with E-state index in [4.69, 9.17) is 0 Å². The van der Waals surface area contributed by atoms with Crippen LogP contribution in [0.1, 0.15) is 27.6 Å². The second-order valence-corrected chi connectivity index (χ2v) is 5.08. The third kappa shape index (κ3) is 3.59. The zero-order chi connectivity index (χ0) is 19.0. The predicted octanol–water partition coefficient (Wildman–Crippen LogP) is 4.76. The SMILES string of the molecule is CCNc1c(C(=O)C(F)(F)F)cc(C(=O)C(F)(F)F)c2ccccc12. The minimum atomic E-state index is -5.30. The molecule has 3 nitrogen and oxygen atoms in total. The van der Waals surface area contributed by atoms with Crippen molar-refractivity contribution in [3.8, 4) is 0 Å². The van der Waals surface area contributed by atoms with Gasteiger partial charge in [-0.3, -0.25) is 9.59 Å². The third-order valence-electron chi connectivity index (χ3n) is 3.40. The number of anilines is 1. The van der Waals surface area contributed by atoms with Crippen LogP contribution in [0.4, 0.5) is 32.0 Å². The summed E-state index contributed by atoms with van der Waals surface area (Å²) in [6, 6.07) is 5.50. The highest BCUT2D eigenvalue weighted by molar-refractivity contribution is 6.19. The van der Waals surface area contributed by atoms with Crippen LogP contribution in [0, 0.1) is 0 Å². The number of ketones is 2. The van der Waals surface area contributed by atoms with Crippen molar-refractivity contribution in [3.05, 3.63) is 41.5 Å². The van der Waals surface area contributed by atoms with Gasteiger partial charge in [-0.25, -0.2) is 0 Å². The van der Waals surface area contributed by atoms with Gasteiger partial charge in [-0.1, -0.05) is 24.3 Å². The molecule has 2 aromatic carbocycles. The summed E-state index contributed by atoms with van der Waals surface area (Å²) in [7, 11) is 0. The van der Waals surface area contributed by atoms with Crippen molar-refractivity contribution >= 4 is 28.0 Å². The molecule has 0 saturated heterocycles. The van der Waals surface area contributed by atoms with Crippen molar-refractivity contribution in [2.45, 2.75) is 19.3 Å². The Labute approximate surface area is 137 Å². The lowest BCUT2D eigenvalue weighted by Gasteiger charge is -2.18. The second-order valence-electron chi connectivity index (χ2n) is 5.08. The van der Waals surface area contributed by atoms with Gasteiger partial charge >= 0.3 is 12.4 Å². The van der Waals surface area contributed by atoms with Gasteiger partial charge < -0.3 is 5.32 Å². The Balaban J connectivity index is 2.90. The van der Waals surface area contributed by atoms with Gasteiger partial charge in [0, 0.05) is 17.5 Å². The van der Waals surface area contributed by atoms with E-state index in [0.29, 0.717) is 6.07 Å². The van der Waals surface area contributed by atoms with Gasteiger partial charge in [0.25, 0.3) is 11.6 Å². The highest BCUT2D eigenvalue weighted by Crippen LogP contribution is 2.36. The molecule has 134 valence electrons. The summed E-state index contributed by atoms with van der Waals surface area (Å²) in [5.41, 5.74) is -2.29. The molecule has 0 radical (unpaired) electrons. The lowest BCUT2D eigenvalue weighted by molar-refractivity contribution is -0.0886. The summed E-state index contributed by atoms with van der Waals surface area (Å²) in [4.78, 5) is 23.3. The molecule has 0 aliphatic rings. The molecule has 2 aromatic rings. The smallest absolute Gasteiger partial charge is 0.384 e. The molecule has 0 heterocycles. The third-order valence-corrected chi connectivity index (χ3v) is 3.40. The molecular formula is C16H11F6NO2. The summed E-state index contributed by atoms with van der Waals surface area (Å²) >= 11 is 0. The molecule has 0 fully saturated rings. The highest BCUT2D eigenvalue weighted by Gasteiger charge is 2.44. The number of hydrogen-bond donors (Lipinski definition) is 1. The van der Waals surface area contributed by atoms with Crippen LogP contribution in [0.3, 0.4) is 0 Å². The number of halogens is 6. The quantitative estimate of drug-likeness (QED) is 0.629. The molecular weight excluding hydrogens is 352 g/mol. The van der Waals surface area contributed by atoms with Gasteiger partial charge in [-0.15, -0.1) is 0 Å². The Kier molecular flexibility index (Phi) is 4.79. The van der Waals surface area contributed by atoms with E-state index in [1.807, 2.05) is 0 Å². The first-order chi connectivity index (χ1) is 11.5. The van der Waals surface area contributed by atoms with Crippen molar-refractivity contribution in [2.75, 3.05) is 11.9 Å². The zero-order valence-corrected chi connectivity index (χ0v) is 12.7. The van der Waals surface area contributed by atoms with E-state index in [-0.39, 0.29) is 23.0 Å². The van der Waals surface area contributed by atoms with E-state index >= 15 is 0 Å². The second kappa shape index (κ2) is 6.38. The number of benzene rings is 2. The number of carbonyl (C=O) groups excluding carboxylic acids is 2. The summed E-state index contributed by atoms with van der Waals surface area (Å²) in [5, 5.41) is 2.29. The zero-order valence-electron chi connectivity index (χ0n) is 12.7. The molecule has 0 amide bonds. The monoisotopic (exact) mass is 363 g/mol. The normalized spacial score (nSPS) is 12.3. The van der Waals surface area contributed by atoms with Crippen LogP contribution in [0.5, 0.6) is 0 Å². The summed E-state index contributed by atoms with van der Waals surface area (Å²) in [6.45, 7) is 1.67. The van der Waals surface area contributed by atoms with Gasteiger partial charge in [-0.05, 0) is 18.4 Å². The minimum Gasteiger partial charge on any atom is -0.384 e. The van der Waals surface area contributed by atoms with E-state index in [9.17, 15) is 35.9 Å². The molecule has 0 saturated carbocycles. The standard InChI is InChI=1S/C16H11F6NO2/c1-2-23-12-9-6-4-3-5-8(9)10(13(24)15(17,18)19)7-11(12)14(25)16(20,21)22/h3-7,23H,2H2,1H3. The first kappa shape index (κ1) is 18.8. The number of Topliss-reactive ketones (excluding diaryl/α,β-unsaturated/α-hetero) is 2. The van der Waals surface area contributed by atoms with Gasteiger partial charge in [0.15, 0.2) is 0 Å². The number of alkyl halides is 6. The first-order valence-corrected chi connectivity index (χ1v) is 7.01. The maximum Gasteiger partial charge on any atom is 0.454 e. The van der Waals surface area contributed by atoms with Crippen molar-refractivity contribution in [2.24, 2.45) is 0 Å². The Morgan fingerprint density at radius 2 is 1.36 bits per heavy atom. The van der Waals surface area contributed by atoms with Crippen LogP contribution in [-0.4, -0.2) is 30.5 Å². The lowest BCUT2D eigenvalue weighted by Crippen LogP contribution is -2.27. The molecule has 25 heavy (non-hydrogen) atoms. The number of carbonyl (C=O) groups is 2. The molecule has 0 aromatic heterocycles. The van der Waals surface area contributed by atoms with Crippen molar-refractivity contribution in [1.29, 1.82) is 0 Å². The fourth-order valence-corrected chi connectivity index (χ4v) is 2.41. The van der Waals surface area contributed by atoms with Crippen LogP contribution in [-0.2, 0) is 0 Å². The molecule has 0 unspecified atom stereocenters. The molecule has 0 bridgehead atoms. The molecule has 9 heteroatoms. The minimum absolute atomic E-state index is 0.0768. The predicted molar refractivity (Wildman–Crippen MR) is 78.9 cm³/mol. The molecule has 1 N–H and O–H groups in total. The molecule has 0 aliphatic carbocycles. The van der Waals surface area contributed by atoms with E-state index in [1.165, 1.54) is 24.3 Å². The number of nitrogens with one attached hydrogen (secondary N) is 1. The van der Waals surface area contributed by atoms with Gasteiger partial charge in [0.05, 0.1) is 11.3 Å². The van der Waals surface area contributed by atoms with Gasteiger partial charge in [0.1, 0.15) is 0 Å². The Morgan fingerprint density at radius 1 is 0.880 bits per heavy atom. The Morgan fingerprint density at radius 3 is 1.84 bits per heavy atom. The highest BCUT2D eigenvalue weighted by atomic mass is 19.4. The average molecular weight is 363 g/mol. The van der Waals surface area contributed by atoms with E-state index in [0.717, 1.165) is 0 Å². The first-order valence-electron chi connectivity index (χ1n) is 7.01. The maximum atomic E-state index is 12.8. The lowest BCUT2D eigenvalue weighted by atomic mass is 9.93. The van der Waals surface area contributed by atoms with E-state index < -0.39 is 35.0 Å².